The predicted octanol–water partition coefficient (Wildman–Crippen LogP) is 2.63. The van der Waals surface area contributed by atoms with Gasteiger partial charge in [0.1, 0.15) is 5.75 Å². The van der Waals surface area contributed by atoms with Crippen molar-refractivity contribution in [3.8, 4) is 5.75 Å². The molecular weight excluding hydrogens is 265 g/mol. The number of ether oxygens (including phenoxy) is 1. The average Bonchev–Trinajstić information content (AvgIpc) is 2.24. The molecule has 0 aliphatic rings. The number of methoxy groups -OCH3 is 1. The number of hydrogen-bond donors (Lipinski definition) is 2. The number of esters is 1. The number of carbonyl (C=O) groups excluding carboxylic acids is 1. The van der Waals surface area contributed by atoms with Crippen LogP contribution in [0, 0.1) is 0 Å². The monoisotopic (exact) mass is 277 g/mol. The molecule has 0 bridgehead atoms. The first kappa shape index (κ1) is 15.6. The summed E-state index contributed by atoms with van der Waals surface area (Å²) in [6, 6.07) is 3.01. The third-order valence-corrected chi connectivity index (χ3v) is 2.16. The van der Waals surface area contributed by atoms with Crippen LogP contribution >= 0.6 is 24.0 Å². The highest BCUT2D eigenvalue weighted by Crippen LogP contribution is 2.30. The molecule has 94 valence electrons. The van der Waals surface area contributed by atoms with Crippen LogP contribution in [0.5, 0.6) is 5.75 Å². The van der Waals surface area contributed by atoms with Crippen LogP contribution in [0.3, 0.4) is 0 Å². The topological polar surface area (TPSA) is 72.5 Å². The van der Waals surface area contributed by atoms with E-state index in [-0.39, 0.29) is 36.2 Å². The van der Waals surface area contributed by atoms with E-state index in [9.17, 15) is 9.90 Å². The van der Waals surface area contributed by atoms with Crippen molar-refractivity contribution >= 4 is 41.7 Å². The van der Waals surface area contributed by atoms with Crippen molar-refractivity contribution in [2.45, 2.75) is 6.42 Å². The Labute approximate surface area is 110 Å². The fourth-order valence-corrected chi connectivity index (χ4v) is 1.37. The maximum absolute atomic E-state index is 10.8. The van der Waals surface area contributed by atoms with Crippen molar-refractivity contribution in [1.29, 1.82) is 0 Å². The lowest BCUT2D eigenvalue weighted by Gasteiger charge is -2.03. The molecule has 4 nitrogen and oxygen atoms in total. The fourth-order valence-electron chi connectivity index (χ4n) is 1.13. The fraction of sp³-hybridized carbons (Fsp3) is 0.182. The molecule has 0 radical (unpaired) electrons. The van der Waals surface area contributed by atoms with Crippen LogP contribution in [-0.4, -0.2) is 18.2 Å². The molecule has 0 amide bonds. The zero-order valence-electron chi connectivity index (χ0n) is 9.14. The van der Waals surface area contributed by atoms with Crippen molar-refractivity contribution in [1.82, 2.24) is 0 Å². The summed E-state index contributed by atoms with van der Waals surface area (Å²) in [5, 5.41) is 10.0. The Bertz CT molecular complexity index is 433. The van der Waals surface area contributed by atoms with E-state index in [1.54, 1.807) is 18.2 Å². The van der Waals surface area contributed by atoms with E-state index >= 15 is 0 Å². The number of anilines is 1. The molecule has 0 aromatic heterocycles. The first-order valence-electron chi connectivity index (χ1n) is 4.56. The van der Waals surface area contributed by atoms with Crippen LogP contribution in [0.2, 0.25) is 5.02 Å². The number of nitrogen functional groups attached to an aromatic ring is 1. The molecule has 6 heteroatoms. The number of rotatable bonds is 3. The van der Waals surface area contributed by atoms with Gasteiger partial charge in [0, 0.05) is 10.6 Å². The summed E-state index contributed by atoms with van der Waals surface area (Å²) in [5.74, 6) is -0.406. The van der Waals surface area contributed by atoms with Crippen molar-refractivity contribution < 1.29 is 14.6 Å². The van der Waals surface area contributed by atoms with Gasteiger partial charge in [0.15, 0.2) is 0 Å². The summed E-state index contributed by atoms with van der Waals surface area (Å²) in [6.45, 7) is 0. The lowest BCUT2D eigenvalue weighted by molar-refractivity contribution is -0.139. The molecule has 1 aromatic rings. The van der Waals surface area contributed by atoms with E-state index in [0.29, 0.717) is 10.6 Å². The molecule has 0 aliphatic heterocycles. The van der Waals surface area contributed by atoms with E-state index in [0.717, 1.165) is 0 Å². The van der Waals surface area contributed by atoms with E-state index in [1.165, 1.54) is 13.2 Å². The maximum Gasteiger partial charge on any atom is 0.309 e. The molecule has 0 atom stereocenters. The number of phenolic OH excluding ortho intramolecular Hbond substituents is 1. The number of aromatic hydroxyl groups is 1. The lowest BCUT2D eigenvalue weighted by atomic mass is 10.1. The number of hydrogen-bond acceptors (Lipinski definition) is 4. The zero-order valence-corrected chi connectivity index (χ0v) is 10.7. The van der Waals surface area contributed by atoms with Crippen LogP contribution in [0.4, 0.5) is 5.69 Å². The third-order valence-electron chi connectivity index (χ3n) is 1.94. The molecule has 3 N–H and O–H groups in total. The SMILES string of the molecule is COC(=O)C/C=C/c1cc(Cl)cc(N)c1O.Cl. The average molecular weight is 278 g/mol. The minimum atomic E-state index is -0.356. The second-order valence-corrected chi connectivity index (χ2v) is 3.55. The Morgan fingerprint density at radius 3 is 2.82 bits per heavy atom. The summed E-state index contributed by atoms with van der Waals surface area (Å²) in [6.07, 6.45) is 3.26. The van der Waals surface area contributed by atoms with E-state index in [4.69, 9.17) is 17.3 Å². The molecule has 0 fully saturated rings. The Hall–Kier alpha value is -1.39. The Kier molecular flexibility index (Phi) is 6.46. The van der Waals surface area contributed by atoms with E-state index < -0.39 is 0 Å². The summed E-state index contributed by atoms with van der Waals surface area (Å²) in [7, 11) is 1.31. The second kappa shape index (κ2) is 7.04. The van der Waals surface area contributed by atoms with Gasteiger partial charge in [0.25, 0.3) is 0 Å². The summed E-state index contributed by atoms with van der Waals surface area (Å²) >= 11 is 5.77. The molecular formula is C11H13Cl2NO3. The number of nitrogens with two attached hydrogens (primary N) is 1. The number of benzene rings is 1. The van der Waals surface area contributed by atoms with Gasteiger partial charge in [-0.05, 0) is 12.1 Å². The minimum absolute atomic E-state index is 0. The van der Waals surface area contributed by atoms with Gasteiger partial charge in [-0.25, -0.2) is 0 Å². The highest BCUT2D eigenvalue weighted by atomic mass is 35.5. The molecule has 0 spiro atoms. The summed E-state index contributed by atoms with van der Waals surface area (Å²) in [4.78, 5) is 10.8. The second-order valence-electron chi connectivity index (χ2n) is 3.12. The van der Waals surface area contributed by atoms with Crippen molar-refractivity contribution in [2.24, 2.45) is 0 Å². The Morgan fingerprint density at radius 1 is 1.59 bits per heavy atom. The zero-order chi connectivity index (χ0) is 12.1. The lowest BCUT2D eigenvalue weighted by Crippen LogP contribution is -1.96. The number of halogens is 2. The van der Waals surface area contributed by atoms with Crippen LogP contribution in [-0.2, 0) is 9.53 Å². The van der Waals surface area contributed by atoms with Crippen molar-refractivity contribution in [3.63, 3.8) is 0 Å². The smallest absolute Gasteiger partial charge is 0.309 e. The molecule has 0 heterocycles. The van der Waals surface area contributed by atoms with Crippen LogP contribution in [0.25, 0.3) is 6.08 Å². The first-order valence-corrected chi connectivity index (χ1v) is 4.93. The van der Waals surface area contributed by atoms with Gasteiger partial charge >= 0.3 is 5.97 Å². The molecule has 0 saturated carbocycles. The van der Waals surface area contributed by atoms with Crippen molar-refractivity contribution in [2.75, 3.05) is 12.8 Å². The Balaban J connectivity index is 0.00000256. The Morgan fingerprint density at radius 2 is 2.24 bits per heavy atom. The highest BCUT2D eigenvalue weighted by molar-refractivity contribution is 6.31. The largest absolute Gasteiger partial charge is 0.505 e. The molecule has 0 saturated heterocycles. The third kappa shape index (κ3) is 4.54. The van der Waals surface area contributed by atoms with Crippen LogP contribution in [0.1, 0.15) is 12.0 Å². The van der Waals surface area contributed by atoms with Crippen LogP contribution < -0.4 is 5.73 Å². The van der Waals surface area contributed by atoms with E-state index in [1.807, 2.05) is 0 Å². The number of phenols is 1. The van der Waals surface area contributed by atoms with Gasteiger partial charge in [0.05, 0.1) is 19.2 Å². The quantitative estimate of drug-likeness (QED) is 0.506. The number of carbonyl (C=O) groups is 1. The van der Waals surface area contributed by atoms with Gasteiger partial charge in [-0.3, -0.25) is 4.79 Å². The summed E-state index contributed by atoms with van der Waals surface area (Å²) in [5.41, 5.74) is 6.19. The molecule has 1 aromatic carbocycles. The van der Waals surface area contributed by atoms with Gasteiger partial charge < -0.3 is 15.6 Å². The predicted molar refractivity (Wildman–Crippen MR) is 70.4 cm³/mol. The standard InChI is InChI=1S/C11H12ClNO3.ClH/c1-16-10(14)4-2-3-7-5-8(12)6-9(13)11(7)15;/h2-3,5-6,15H,4,13H2,1H3;1H/b3-2+;. The normalized spacial score (nSPS) is 10.0. The molecule has 0 unspecified atom stereocenters. The molecule has 17 heavy (non-hydrogen) atoms. The van der Waals surface area contributed by atoms with Gasteiger partial charge in [-0.15, -0.1) is 12.4 Å². The molecule has 0 aliphatic carbocycles. The highest BCUT2D eigenvalue weighted by Gasteiger charge is 2.04. The van der Waals surface area contributed by atoms with E-state index in [2.05, 4.69) is 4.74 Å². The first-order chi connectivity index (χ1) is 7.54. The van der Waals surface area contributed by atoms with Crippen molar-refractivity contribution in [3.05, 3.63) is 28.8 Å². The van der Waals surface area contributed by atoms with Gasteiger partial charge in [-0.2, -0.15) is 0 Å². The van der Waals surface area contributed by atoms with Gasteiger partial charge in [-0.1, -0.05) is 23.8 Å². The van der Waals surface area contributed by atoms with Crippen LogP contribution in [0.15, 0.2) is 18.2 Å². The summed E-state index contributed by atoms with van der Waals surface area (Å²) < 4.78 is 4.46. The molecule has 1 rings (SSSR count). The minimum Gasteiger partial charge on any atom is -0.505 e. The maximum atomic E-state index is 10.8. The van der Waals surface area contributed by atoms with Gasteiger partial charge in [0.2, 0.25) is 0 Å².